The highest BCUT2D eigenvalue weighted by molar-refractivity contribution is 7.90. The number of carbonyl (C=O) groups excluding carboxylic acids is 2. The Morgan fingerprint density at radius 1 is 0.977 bits per heavy atom. The number of hydrogen-bond acceptors (Lipinski definition) is 8. The number of piperidine rings is 1. The third-order valence-electron chi connectivity index (χ3n) is 8.91. The number of anilines is 1. The number of alkyl carbamates (subject to hydrolysis) is 1. The molecule has 0 bridgehead atoms. The largest absolute Gasteiger partial charge is 0.477 e. The summed E-state index contributed by atoms with van der Waals surface area (Å²) in [5, 5.41) is 2.76. The van der Waals surface area contributed by atoms with Crippen molar-refractivity contribution >= 4 is 27.8 Å². The Hall–Kier alpha value is -3.34. The highest BCUT2D eigenvalue weighted by Crippen LogP contribution is 2.46. The van der Waals surface area contributed by atoms with E-state index in [-0.39, 0.29) is 5.03 Å². The van der Waals surface area contributed by atoms with Gasteiger partial charge in [-0.15, -0.1) is 0 Å². The standard InChI is InChI=1S/C33H46N4O6S/c1-23-11-9-14-25(24-12-7-6-8-13-24)28(23)42-33(17-18-33)29(38)36-44(40,41)27-16-10-15-26(34-27)37-21-19-32(5,20-22-37)35-30(39)43-31(2,3)4/h9-11,14-16,24H,6-8,12-13,17-22H2,1-5H3,(H,35,39)(H,36,38). The second-order valence-electron chi connectivity index (χ2n) is 13.9. The SMILES string of the molecule is Cc1cccc(C2CCCCC2)c1OC1(C(=O)NS(=O)(=O)c2cccc(N3CCC(C)(NC(=O)OC(C)(C)C)CC3)n2)CC1. The van der Waals surface area contributed by atoms with Gasteiger partial charge in [-0.05, 0) is 89.5 Å². The van der Waals surface area contributed by atoms with Crippen molar-refractivity contribution in [3.63, 3.8) is 0 Å². The Bertz CT molecular complexity index is 1480. The fraction of sp³-hybridized carbons (Fsp3) is 0.606. The summed E-state index contributed by atoms with van der Waals surface area (Å²) in [7, 11) is -4.24. The molecule has 10 nitrogen and oxygen atoms in total. The van der Waals surface area contributed by atoms with Gasteiger partial charge in [-0.25, -0.2) is 14.5 Å². The minimum absolute atomic E-state index is 0.224. The number of pyridine rings is 1. The molecular formula is C33H46N4O6S. The Morgan fingerprint density at radius 3 is 2.27 bits per heavy atom. The van der Waals surface area contributed by atoms with Crippen LogP contribution in [0.2, 0.25) is 0 Å². The van der Waals surface area contributed by atoms with Crippen LogP contribution in [0.3, 0.4) is 0 Å². The van der Waals surface area contributed by atoms with Crippen molar-refractivity contribution in [3.8, 4) is 5.75 Å². The molecule has 2 heterocycles. The second-order valence-corrected chi connectivity index (χ2v) is 15.5. The van der Waals surface area contributed by atoms with E-state index in [2.05, 4.69) is 21.1 Å². The number of amides is 2. The highest BCUT2D eigenvalue weighted by atomic mass is 32.2. The van der Waals surface area contributed by atoms with E-state index in [0.717, 1.165) is 24.0 Å². The number of hydrogen-bond donors (Lipinski definition) is 2. The summed E-state index contributed by atoms with van der Waals surface area (Å²) in [6, 6.07) is 10.8. The summed E-state index contributed by atoms with van der Waals surface area (Å²) in [5.41, 5.74) is -0.194. The normalized spacial score (nSPS) is 20.0. The van der Waals surface area contributed by atoms with E-state index in [1.807, 2.05) is 51.7 Å². The molecule has 3 aliphatic rings. The van der Waals surface area contributed by atoms with Crippen LogP contribution in [0.1, 0.15) is 103 Å². The summed E-state index contributed by atoms with van der Waals surface area (Å²) in [4.78, 5) is 32.2. The first-order valence-corrected chi connectivity index (χ1v) is 17.3. The van der Waals surface area contributed by atoms with Gasteiger partial charge in [0.05, 0.1) is 0 Å². The van der Waals surface area contributed by atoms with E-state index in [1.54, 1.807) is 12.1 Å². The number of carbonyl (C=O) groups is 2. The molecular weight excluding hydrogens is 580 g/mol. The lowest BCUT2D eigenvalue weighted by atomic mass is 9.83. The first kappa shape index (κ1) is 32.1. The van der Waals surface area contributed by atoms with Crippen molar-refractivity contribution < 1.29 is 27.5 Å². The van der Waals surface area contributed by atoms with Crippen LogP contribution >= 0.6 is 0 Å². The van der Waals surface area contributed by atoms with E-state index in [1.165, 1.54) is 25.3 Å². The van der Waals surface area contributed by atoms with Gasteiger partial charge in [0.15, 0.2) is 10.6 Å². The summed E-state index contributed by atoms with van der Waals surface area (Å²) >= 11 is 0. The number of rotatable bonds is 8. The molecule has 0 atom stereocenters. The summed E-state index contributed by atoms with van der Waals surface area (Å²) in [6.07, 6.45) is 7.46. The van der Waals surface area contributed by atoms with Crippen molar-refractivity contribution in [2.45, 2.75) is 120 Å². The van der Waals surface area contributed by atoms with Crippen LogP contribution in [0.15, 0.2) is 41.4 Å². The minimum Gasteiger partial charge on any atom is -0.477 e. The minimum atomic E-state index is -4.24. The fourth-order valence-corrected chi connectivity index (χ4v) is 7.14. The maximum atomic E-state index is 13.5. The molecule has 44 heavy (non-hydrogen) atoms. The van der Waals surface area contributed by atoms with Gasteiger partial charge >= 0.3 is 6.09 Å². The van der Waals surface area contributed by atoms with Crippen LogP contribution in [-0.4, -0.2) is 55.2 Å². The van der Waals surface area contributed by atoms with Gasteiger partial charge in [-0.3, -0.25) is 4.79 Å². The van der Waals surface area contributed by atoms with E-state index in [0.29, 0.717) is 56.3 Å². The smallest absolute Gasteiger partial charge is 0.408 e. The molecule has 1 aromatic carbocycles. The van der Waals surface area contributed by atoms with E-state index in [4.69, 9.17) is 9.47 Å². The van der Waals surface area contributed by atoms with E-state index >= 15 is 0 Å². The molecule has 0 spiro atoms. The molecule has 1 aliphatic heterocycles. The average Bonchev–Trinajstić information content (AvgIpc) is 3.74. The molecule has 240 valence electrons. The molecule has 0 unspecified atom stereocenters. The van der Waals surface area contributed by atoms with Crippen molar-refractivity contribution in [1.29, 1.82) is 0 Å². The number of benzene rings is 1. The maximum Gasteiger partial charge on any atom is 0.408 e. The van der Waals surface area contributed by atoms with Gasteiger partial charge in [0, 0.05) is 31.5 Å². The molecule has 5 rings (SSSR count). The Morgan fingerprint density at radius 2 is 1.64 bits per heavy atom. The molecule has 2 aliphatic carbocycles. The lowest BCUT2D eigenvalue weighted by Crippen LogP contribution is -2.54. The summed E-state index contributed by atoms with van der Waals surface area (Å²) < 4.78 is 40.9. The van der Waals surface area contributed by atoms with Crippen LogP contribution in [0.25, 0.3) is 0 Å². The zero-order valence-corrected chi connectivity index (χ0v) is 27.4. The van der Waals surface area contributed by atoms with Crippen molar-refractivity contribution in [2.75, 3.05) is 18.0 Å². The first-order chi connectivity index (χ1) is 20.7. The molecule has 2 N–H and O–H groups in total. The number of ether oxygens (including phenoxy) is 2. The van der Waals surface area contributed by atoms with Gasteiger partial charge in [0.25, 0.3) is 15.9 Å². The molecule has 2 aromatic rings. The van der Waals surface area contributed by atoms with Crippen LogP contribution < -0.4 is 19.7 Å². The third-order valence-corrected chi connectivity index (χ3v) is 10.1. The van der Waals surface area contributed by atoms with E-state index in [9.17, 15) is 18.0 Å². The zero-order valence-electron chi connectivity index (χ0n) is 26.6. The van der Waals surface area contributed by atoms with Crippen LogP contribution in [0, 0.1) is 6.92 Å². The zero-order chi connectivity index (χ0) is 31.8. The molecule has 2 saturated carbocycles. The fourth-order valence-electron chi connectivity index (χ4n) is 6.14. The number of sulfonamides is 1. The topological polar surface area (TPSA) is 127 Å². The lowest BCUT2D eigenvalue weighted by Gasteiger charge is -2.40. The van der Waals surface area contributed by atoms with Gasteiger partial charge in [0.1, 0.15) is 17.2 Å². The van der Waals surface area contributed by atoms with Crippen LogP contribution in [-0.2, 0) is 19.6 Å². The number of para-hydroxylation sites is 1. The molecule has 0 radical (unpaired) electrons. The average molecular weight is 627 g/mol. The van der Waals surface area contributed by atoms with Crippen LogP contribution in [0.4, 0.5) is 10.6 Å². The molecule has 11 heteroatoms. The first-order valence-electron chi connectivity index (χ1n) is 15.8. The van der Waals surface area contributed by atoms with Gasteiger partial charge in [-0.1, -0.05) is 43.5 Å². The van der Waals surface area contributed by atoms with Gasteiger partial charge in [-0.2, -0.15) is 8.42 Å². The van der Waals surface area contributed by atoms with Crippen molar-refractivity contribution in [1.82, 2.24) is 15.0 Å². The van der Waals surface area contributed by atoms with Crippen LogP contribution in [0.5, 0.6) is 5.75 Å². The number of nitrogens with one attached hydrogen (secondary N) is 2. The van der Waals surface area contributed by atoms with Crippen molar-refractivity contribution in [3.05, 3.63) is 47.5 Å². The van der Waals surface area contributed by atoms with Gasteiger partial charge < -0.3 is 19.7 Å². The Balaban J connectivity index is 1.24. The molecule has 2 amide bonds. The summed E-state index contributed by atoms with van der Waals surface area (Å²) in [6.45, 7) is 10.5. The second kappa shape index (κ2) is 12.2. The monoisotopic (exact) mass is 626 g/mol. The maximum absolute atomic E-state index is 13.5. The van der Waals surface area contributed by atoms with Crippen molar-refractivity contribution in [2.24, 2.45) is 0 Å². The molecule has 3 fully saturated rings. The number of aryl methyl sites for hydroxylation is 1. The summed E-state index contributed by atoms with van der Waals surface area (Å²) in [5.74, 6) is 0.926. The quantitative estimate of drug-likeness (QED) is 0.380. The van der Waals surface area contributed by atoms with Gasteiger partial charge in [0.2, 0.25) is 0 Å². The molecule has 1 saturated heterocycles. The van der Waals surface area contributed by atoms with E-state index < -0.39 is 38.8 Å². The molecule has 1 aromatic heterocycles. The predicted molar refractivity (Wildman–Crippen MR) is 168 cm³/mol. The number of aromatic nitrogens is 1. The highest BCUT2D eigenvalue weighted by Gasteiger charge is 2.55. The number of nitrogens with zero attached hydrogens (tertiary/aromatic N) is 2. The Labute approximate surface area is 261 Å². The Kier molecular flexibility index (Phi) is 8.90. The lowest BCUT2D eigenvalue weighted by molar-refractivity contribution is -0.128. The third kappa shape index (κ3) is 7.47. The predicted octanol–water partition coefficient (Wildman–Crippen LogP) is 5.74.